The molecule has 1 rings (SSSR count). The third-order valence-corrected chi connectivity index (χ3v) is 3.65. The van der Waals surface area contributed by atoms with Crippen LogP contribution in [0.25, 0.3) is 0 Å². The Morgan fingerprint density at radius 2 is 1.85 bits per heavy atom. The number of hydrogen-bond donors (Lipinski definition) is 2. The second-order valence-electron chi connectivity index (χ2n) is 5.03. The number of amides is 1. The highest BCUT2D eigenvalue weighted by Gasteiger charge is 2.18. The van der Waals surface area contributed by atoms with Crippen LogP contribution >= 0.6 is 0 Å². The van der Waals surface area contributed by atoms with E-state index in [0.29, 0.717) is 5.92 Å². The molecule has 3 nitrogen and oxygen atoms in total. The summed E-state index contributed by atoms with van der Waals surface area (Å²) in [5, 5.41) is 2.61. The standard InChI is InChI=1S/C15H22F2N2O/c1-4-10(5-2)14(18)8-19-15(20)11-6-9(3)12(16)7-13(11)17/h6-7,10,14H,4-5,8,18H2,1-3H3,(H,19,20). The molecule has 5 heteroatoms. The molecule has 20 heavy (non-hydrogen) atoms. The van der Waals surface area contributed by atoms with Crippen LogP contribution in [-0.4, -0.2) is 18.5 Å². The van der Waals surface area contributed by atoms with Crippen molar-refractivity contribution in [1.82, 2.24) is 5.32 Å². The first kappa shape index (κ1) is 16.6. The molecule has 0 fully saturated rings. The number of carbonyl (C=O) groups is 1. The summed E-state index contributed by atoms with van der Waals surface area (Å²) in [6, 6.07) is 1.77. The molecule has 112 valence electrons. The lowest BCUT2D eigenvalue weighted by molar-refractivity contribution is 0.0943. The molecule has 1 atom stereocenters. The number of nitrogens with one attached hydrogen (secondary N) is 1. The van der Waals surface area contributed by atoms with Gasteiger partial charge in [-0.1, -0.05) is 26.7 Å². The zero-order valence-corrected chi connectivity index (χ0v) is 12.2. The number of hydrogen-bond acceptors (Lipinski definition) is 2. The van der Waals surface area contributed by atoms with Crippen LogP contribution < -0.4 is 11.1 Å². The van der Waals surface area contributed by atoms with Crippen molar-refractivity contribution < 1.29 is 13.6 Å². The summed E-state index contributed by atoms with van der Waals surface area (Å²) in [5.41, 5.74) is 6.07. The molecule has 0 heterocycles. The van der Waals surface area contributed by atoms with E-state index in [4.69, 9.17) is 5.73 Å². The van der Waals surface area contributed by atoms with Crippen molar-refractivity contribution in [2.24, 2.45) is 11.7 Å². The average Bonchev–Trinajstić information content (AvgIpc) is 2.41. The van der Waals surface area contributed by atoms with Gasteiger partial charge in [-0.25, -0.2) is 8.78 Å². The number of halogens is 2. The number of rotatable bonds is 6. The molecule has 1 aromatic carbocycles. The number of aryl methyl sites for hydroxylation is 1. The summed E-state index contributed by atoms with van der Waals surface area (Å²) in [7, 11) is 0. The SMILES string of the molecule is CCC(CC)C(N)CNC(=O)c1cc(C)c(F)cc1F. The van der Waals surface area contributed by atoms with Crippen molar-refractivity contribution in [1.29, 1.82) is 0 Å². The van der Waals surface area contributed by atoms with Gasteiger partial charge >= 0.3 is 0 Å². The van der Waals surface area contributed by atoms with Crippen LogP contribution in [0.1, 0.15) is 42.6 Å². The first-order valence-corrected chi connectivity index (χ1v) is 6.90. The highest BCUT2D eigenvalue weighted by molar-refractivity contribution is 5.94. The quantitative estimate of drug-likeness (QED) is 0.844. The lowest BCUT2D eigenvalue weighted by Gasteiger charge is -2.21. The van der Waals surface area contributed by atoms with Gasteiger partial charge in [0.2, 0.25) is 0 Å². The van der Waals surface area contributed by atoms with Gasteiger partial charge in [-0.2, -0.15) is 0 Å². The van der Waals surface area contributed by atoms with E-state index >= 15 is 0 Å². The van der Waals surface area contributed by atoms with Crippen LogP contribution in [0.4, 0.5) is 8.78 Å². The fourth-order valence-electron chi connectivity index (χ4n) is 2.20. The summed E-state index contributed by atoms with van der Waals surface area (Å²) >= 11 is 0. The van der Waals surface area contributed by atoms with E-state index in [0.717, 1.165) is 18.9 Å². The van der Waals surface area contributed by atoms with Crippen molar-refractivity contribution in [3.8, 4) is 0 Å². The zero-order chi connectivity index (χ0) is 15.3. The predicted octanol–water partition coefficient (Wildman–Crippen LogP) is 2.77. The molecule has 0 aliphatic rings. The maximum Gasteiger partial charge on any atom is 0.254 e. The molecule has 0 aromatic heterocycles. The summed E-state index contributed by atoms with van der Waals surface area (Å²) in [4.78, 5) is 11.9. The molecular weight excluding hydrogens is 262 g/mol. The third kappa shape index (κ3) is 4.00. The number of benzene rings is 1. The van der Waals surface area contributed by atoms with E-state index in [1.807, 2.05) is 13.8 Å². The minimum Gasteiger partial charge on any atom is -0.350 e. The van der Waals surface area contributed by atoms with Gasteiger partial charge < -0.3 is 11.1 Å². The first-order valence-electron chi connectivity index (χ1n) is 6.90. The summed E-state index contributed by atoms with van der Waals surface area (Å²) in [5.74, 6) is -1.77. The maximum absolute atomic E-state index is 13.6. The fraction of sp³-hybridized carbons (Fsp3) is 0.533. The van der Waals surface area contributed by atoms with E-state index in [2.05, 4.69) is 5.32 Å². The molecule has 0 spiro atoms. The molecule has 0 bridgehead atoms. The van der Waals surface area contributed by atoms with E-state index < -0.39 is 17.5 Å². The molecule has 0 radical (unpaired) electrons. The Bertz CT molecular complexity index is 473. The lowest BCUT2D eigenvalue weighted by Crippen LogP contribution is -2.42. The van der Waals surface area contributed by atoms with Crippen LogP contribution in [-0.2, 0) is 0 Å². The third-order valence-electron chi connectivity index (χ3n) is 3.65. The van der Waals surface area contributed by atoms with Gasteiger partial charge in [0.25, 0.3) is 5.91 Å². The Balaban J connectivity index is 2.70. The molecular formula is C15H22F2N2O. The van der Waals surface area contributed by atoms with Gasteiger partial charge in [0.05, 0.1) is 5.56 Å². The topological polar surface area (TPSA) is 55.1 Å². The van der Waals surface area contributed by atoms with Crippen LogP contribution in [0, 0.1) is 24.5 Å². The first-order chi connectivity index (χ1) is 9.40. The van der Waals surface area contributed by atoms with Crippen molar-refractivity contribution >= 4 is 5.91 Å². The van der Waals surface area contributed by atoms with Crippen LogP contribution in [0.3, 0.4) is 0 Å². The minimum atomic E-state index is -0.860. The molecule has 3 N–H and O–H groups in total. The van der Waals surface area contributed by atoms with Crippen molar-refractivity contribution in [2.75, 3.05) is 6.54 Å². The average molecular weight is 284 g/mol. The van der Waals surface area contributed by atoms with Crippen LogP contribution in [0.2, 0.25) is 0 Å². The molecule has 1 aromatic rings. The molecule has 1 amide bonds. The summed E-state index contributed by atoms with van der Waals surface area (Å²) < 4.78 is 26.7. The van der Waals surface area contributed by atoms with Gasteiger partial charge in [-0.3, -0.25) is 4.79 Å². The van der Waals surface area contributed by atoms with Gasteiger partial charge in [-0.05, 0) is 24.5 Å². The second kappa shape index (κ2) is 7.33. The van der Waals surface area contributed by atoms with E-state index in [-0.39, 0.29) is 23.7 Å². The van der Waals surface area contributed by atoms with Gasteiger partial charge in [-0.15, -0.1) is 0 Å². The Labute approximate surface area is 118 Å². The van der Waals surface area contributed by atoms with E-state index in [1.54, 1.807) is 0 Å². The van der Waals surface area contributed by atoms with E-state index in [1.165, 1.54) is 13.0 Å². The van der Waals surface area contributed by atoms with E-state index in [9.17, 15) is 13.6 Å². The summed E-state index contributed by atoms with van der Waals surface area (Å²) in [6.45, 7) is 5.85. The molecule has 0 aliphatic heterocycles. The molecule has 0 saturated heterocycles. The van der Waals surface area contributed by atoms with Crippen molar-refractivity contribution in [3.05, 3.63) is 34.9 Å². The molecule has 0 saturated carbocycles. The number of nitrogens with two attached hydrogens (primary N) is 1. The highest BCUT2D eigenvalue weighted by atomic mass is 19.1. The second-order valence-corrected chi connectivity index (χ2v) is 5.03. The summed E-state index contributed by atoms with van der Waals surface area (Å²) in [6.07, 6.45) is 1.86. The van der Waals surface area contributed by atoms with Gasteiger partial charge in [0.15, 0.2) is 0 Å². The zero-order valence-electron chi connectivity index (χ0n) is 12.2. The van der Waals surface area contributed by atoms with Crippen molar-refractivity contribution in [2.45, 2.75) is 39.7 Å². The largest absolute Gasteiger partial charge is 0.350 e. The molecule has 1 unspecified atom stereocenters. The Morgan fingerprint density at radius 1 is 1.25 bits per heavy atom. The highest BCUT2D eigenvalue weighted by Crippen LogP contribution is 2.15. The van der Waals surface area contributed by atoms with Crippen LogP contribution in [0.15, 0.2) is 12.1 Å². The smallest absolute Gasteiger partial charge is 0.254 e. The monoisotopic (exact) mass is 284 g/mol. The van der Waals surface area contributed by atoms with Gasteiger partial charge in [0, 0.05) is 18.7 Å². The lowest BCUT2D eigenvalue weighted by atomic mass is 9.95. The maximum atomic E-state index is 13.6. The normalized spacial score (nSPS) is 12.6. The number of carbonyl (C=O) groups excluding carboxylic acids is 1. The Kier molecular flexibility index (Phi) is 6.07. The van der Waals surface area contributed by atoms with Crippen LogP contribution in [0.5, 0.6) is 0 Å². The fourth-order valence-corrected chi connectivity index (χ4v) is 2.20. The van der Waals surface area contributed by atoms with Crippen molar-refractivity contribution in [3.63, 3.8) is 0 Å². The minimum absolute atomic E-state index is 0.152. The molecule has 0 aliphatic carbocycles. The Hall–Kier alpha value is -1.49. The van der Waals surface area contributed by atoms with Gasteiger partial charge in [0.1, 0.15) is 11.6 Å². The Morgan fingerprint density at radius 3 is 2.40 bits per heavy atom. The predicted molar refractivity (Wildman–Crippen MR) is 75.5 cm³/mol.